The van der Waals surface area contributed by atoms with Crippen LogP contribution in [-0.4, -0.2) is 42.0 Å². The first-order chi connectivity index (χ1) is 9.65. The lowest BCUT2D eigenvalue weighted by atomic mass is 9.94. The van der Waals surface area contributed by atoms with Gasteiger partial charge >= 0.3 is 0 Å². The number of carbonyl (C=O) groups is 1. The highest BCUT2D eigenvalue weighted by Crippen LogP contribution is 2.20. The van der Waals surface area contributed by atoms with E-state index >= 15 is 0 Å². The number of aromatic amines is 1. The molecule has 2 aromatic rings. The standard InChI is InChI=1S/C16H21N3O/c1-11-10-19(2)9-7-14(11)18-16(20)13-4-3-5-15-12(13)6-8-17-15/h3-6,8,11,14,17H,7,9-10H2,1-2H3,(H,18,20). The van der Waals surface area contributed by atoms with Crippen molar-refractivity contribution in [1.82, 2.24) is 15.2 Å². The van der Waals surface area contributed by atoms with E-state index < -0.39 is 0 Å². The van der Waals surface area contributed by atoms with Gasteiger partial charge in [-0.3, -0.25) is 4.79 Å². The van der Waals surface area contributed by atoms with Gasteiger partial charge in [0.2, 0.25) is 0 Å². The number of hydrogen-bond acceptors (Lipinski definition) is 2. The molecule has 1 amide bonds. The number of rotatable bonds is 2. The monoisotopic (exact) mass is 271 g/mol. The number of amides is 1. The molecule has 3 rings (SSSR count). The van der Waals surface area contributed by atoms with Gasteiger partial charge in [-0.15, -0.1) is 0 Å². The minimum Gasteiger partial charge on any atom is -0.361 e. The van der Waals surface area contributed by atoms with E-state index in [9.17, 15) is 4.79 Å². The quantitative estimate of drug-likeness (QED) is 0.880. The van der Waals surface area contributed by atoms with Crippen LogP contribution in [0.15, 0.2) is 30.5 Å². The van der Waals surface area contributed by atoms with Crippen molar-refractivity contribution in [2.45, 2.75) is 19.4 Å². The molecule has 20 heavy (non-hydrogen) atoms. The number of nitrogens with one attached hydrogen (secondary N) is 2. The van der Waals surface area contributed by atoms with Gasteiger partial charge in [0.15, 0.2) is 0 Å². The van der Waals surface area contributed by atoms with Crippen LogP contribution in [-0.2, 0) is 0 Å². The fraction of sp³-hybridized carbons (Fsp3) is 0.438. The molecule has 1 aliphatic heterocycles. The van der Waals surface area contributed by atoms with Gasteiger partial charge in [-0.1, -0.05) is 13.0 Å². The van der Waals surface area contributed by atoms with E-state index in [-0.39, 0.29) is 11.9 Å². The number of likely N-dealkylation sites (tertiary alicyclic amines) is 1. The number of piperidine rings is 1. The third-order valence-electron chi connectivity index (χ3n) is 4.26. The van der Waals surface area contributed by atoms with Crippen LogP contribution in [0.25, 0.3) is 10.9 Å². The molecule has 0 spiro atoms. The predicted octanol–water partition coefficient (Wildman–Crippen LogP) is 2.24. The minimum atomic E-state index is 0.0385. The average Bonchev–Trinajstić information content (AvgIpc) is 2.90. The van der Waals surface area contributed by atoms with Crippen molar-refractivity contribution in [2.24, 2.45) is 5.92 Å². The molecule has 0 aliphatic carbocycles. The van der Waals surface area contributed by atoms with Gasteiger partial charge in [0.1, 0.15) is 0 Å². The van der Waals surface area contributed by atoms with Crippen molar-refractivity contribution in [3.05, 3.63) is 36.0 Å². The van der Waals surface area contributed by atoms with Crippen LogP contribution in [0.2, 0.25) is 0 Å². The molecule has 1 aromatic heterocycles. The molecule has 1 saturated heterocycles. The van der Waals surface area contributed by atoms with Crippen LogP contribution in [0.4, 0.5) is 0 Å². The van der Waals surface area contributed by atoms with E-state index in [1.807, 2.05) is 30.5 Å². The molecule has 2 N–H and O–H groups in total. The number of H-pyrrole nitrogens is 1. The Bertz CT molecular complexity index is 619. The molecule has 0 bridgehead atoms. The Labute approximate surface area is 119 Å². The lowest BCUT2D eigenvalue weighted by Gasteiger charge is -2.35. The van der Waals surface area contributed by atoms with E-state index in [0.717, 1.165) is 36.0 Å². The maximum absolute atomic E-state index is 12.5. The molecular formula is C16H21N3O. The first-order valence-electron chi connectivity index (χ1n) is 7.20. The van der Waals surface area contributed by atoms with Gasteiger partial charge in [0, 0.05) is 35.2 Å². The molecule has 2 unspecified atom stereocenters. The largest absolute Gasteiger partial charge is 0.361 e. The highest BCUT2D eigenvalue weighted by atomic mass is 16.1. The molecule has 2 atom stereocenters. The predicted molar refractivity (Wildman–Crippen MR) is 80.8 cm³/mol. The molecule has 106 valence electrons. The second-order valence-electron chi connectivity index (χ2n) is 5.85. The lowest BCUT2D eigenvalue weighted by molar-refractivity contribution is 0.0885. The number of hydrogen-bond donors (Lipinski definition) is 2. The first-order valence-corrected chi connectivity index (χ1v) is 7.20. The summed E-state index contributed by atoms with van der Waals surface area (Å²) in [6.45, 7) is 4.29. The zero-order chi connectivity index (χ0) is 14.1. The zero-order valence-corrected chi connectivity index (χ0v) is 12.0. The molecule has 2 heterocycles. The SMILES string of the molecule is CC1CN(C)CCC1NC(=O)c1cccc2[nH]ccc12. The molecule has 4 nitrogen and oxygen atoms in total. The van der Waals surface area contributed by atoms with Crippen LogP contribution in [0.1, 0.15) is 23.7 Å². The van der Waals surface area contributed by atoms with Crippen LogP contribution in [0, 0.1) is 5.92 Å². The van der Waals surface area contributed by atoms with E-state index in [2.05, 4.69) is 29.2 Å². The van der Waals surface area contributed by atoms with Crippen molar-refractivity contribution < 1.29 is 4.79 Å². The molecule has 0 saturated carbocycles. The summed E-state index contributed by atoms with van der Waals surface area (Å²) < 4.78 is 0. The Hall–Kier alpha value is -1.81. The summed E-state index contributed by atoms with van der Waals surface area (Å²) in [5.74, 6) is 0.528. The van der Waals surface area contributed by atoms with Crippen LogP contribution in [0.3, 0.4) is 0 Å². The third-order valence-corrected chi connectivity index (χ3v) is 4.26. The van der Waals surface area contributed by atoms with Crippen molar-refractivity contribution in [3.8, 4) is 0 Å². The van der Waals surface area contributed by atoms with E-state index in [4.69, 9.17) is 0 Å². The molecule has 1 aromatic carbocycles. The summed E-state index contributed by atoms with van der Waals surface area (Å²) in [5.41, 5.74) is 1.77. The Balaban J connectivity index is 1.78. The second kappa shape index (κ2) is 5.29. The normalized spacial score (nSPS) is 23.9. The second-order valence-corrected chi connectivity index (χ2v) is 5.85. The summed E-state index contributed by atoms with van der Waals surface area (Å²) in [6.07, 6.45) is 2.90. The highest BCUT2D eigenvalue weighted by Gasteiger charge is 2.26. The van der Waals surface area contributed by atoms with Gasteiger partial charge in [-0.2, -0.15) is 0 Å². The van der Waals surface area contributed by atoms with E-state index in [1.165, 1.54) is 0 Å². The Kier molecular flexibility index (Phi) is 3.49. The van der Waals surface area contributed by atoms with Crippen LogP contribution >= 0.6 is 0 Å². The van der Waals surface area contributed by atoms with Gasteiger partial charge in [0.05, 0.1) is 0 Å². The molecule has 1 aliphatic rings. The summed E-state index contributed by atoms with van der Waals surface area (Å²) >= 11 is 0. The first kappa shape index (κ1) is 13.2. The maximum atomic E-state index is 12.5. The summed E-state index contributed by atoms with van der Waals surface area (Å²) in [4.78, 5) is 18.0. The minimum absolute atomic E-state index is 0.0385. The topological polar surface area (TPSA) is 48.1 Å². The van der Waals surface area contributed by atoms with Gasteiger partial charge in [0.25, 0.3) is 5.91 Å². The number of benzene rings is 1. The van der Waals surface area contributed by atoms with E-state index in [0.29, 0.717) is 5.92 Å². The van der Waals surface area contributed by atoms with Crippen LogP contribution < -0.4 is 5.32 Å². The lowest BCUT2D eigenvalue weighted by Crippen LogP contribution is -2.48. The van der Waals surface area contributed by atoms with Crippen LogP contribution in [0.5, 0.6) is 0 Å². The molecule has 1 fully saturated rings. The Morgan fingerprint density at radius 2 is 2.25 bits per heavy atom. The Morgan fingerprint density at radius 1 is 1.40 bits per heavy atom. The van der Waals surface area contributed by atoms with Crippen molar-refractivity contribution in [2.75, 3.05) is 20.1 Å². The number of nitrogens with zero attached hydrogens (tertiary/aromatic N) is 1. The van der Waals surface area contributed by atoms with E-state index in [1.54, 1.807) is 0 Å². The van der Waals surface area contributed by atoms with Crippen molar-refractivity contribution >= 4 is 16.8 Å². The smallest absolute Gasteiger partial charge is 0.252 e. The fourth-order valence-corrected chi connectivity index (χ4v) is 3.10. The fourth-order valence-electron chi connectivity index (χ4n) is 3.10. The highest BCUT2D eigenvalue weighted by molar-refractivity contribution is 6.06. The Morgan fingerprint density at radius 3 is 3.05 bits per heavy atom. The zero-order valence-electron chi connectivity index (χ0n) is 12.0. The summed E-state index contributed by atoms with van der Waals surface area (Å²) in [6, 6.07) is 8.04. The maximum Gasteiger partial charge on any atom is 0.252 e. The average molecular weight is 271 g/mol. The van der Waals surface area contributed by atoms with Gasteiger partial charge in [-0.05, 0) is 44.1 Å². The number of aromatic nitrogens is 1. The van der Waals surface area contributed by atoms with Crippen molar-refractivity contribution in [3.63, 3.8) is 0 Å². The molecule has 4 heteroatoms. The summed E-state index contributed by atoms with van der Waals surface area (Å²) in [7, 11) is 2.13. The summed E-state index contributed by atoms with van der Waals surface area (Å²) in [5, 5.41) is 4.20. The number of fused-ring (bicyclic) bond motifs is 1. The van der Waals surface area contributed by atoms with Gasteiger partial charge < -0.3 is 15.2 Å². The molecule has 0 radical (unpaired) electrons. The third kappa shape index (κ3) is 2.43. The van der Waals surface area contributed by atoms with Crippen molar-refractivity contribution in [1.29, 1.82) is 0 Å². The molecular weight excluding hydrogens is 250 g/mol. The van der Waals surface area contributed by atoms with Gasteiger partial charge in [-0.25, -0.2) is 0 Å². The number of carbonyl (C=O) groups excluding carboxylic acids is 1.